The molecule has 2 N–H and O–H groups in total. The van der Waals surface area contributed by atoms with Crippen LogP contribution in [0.2, 0.25) is 0 Å². The number of aliphatic hydroxyl groups excluding tert-OH is 1. The maximum Gasteiger partial charge on any atom is 0.229 e. The van der Waals surface area contributed by atoms with Gasteiger partial charge in [-0.15, -0.1) is 0 Å². The number of rotatable bonds is 9. The molecule has 0 fully saturated rings. The largest absolute Gasteiger partial charge is 0.491 e. The van der Waals surface area contributed by atoms with E-state index in [9.17, 15) is 17.9 Å². The van der Waals surface area contributed by atoms with Gasteiger partial charge in [0.05, 0.1) is 17.5 Å². The molecule has 0 saturated carbocycles. The van der Waals surface area contributed by atoms with Crippen molar-refractivity contribution in [3.8, 4) is 5.75 Å². The Balaban J connectivity index is 1.48. The van der Waals surface area contributed by atoms with E-state index in [1.807, 2.05) is 24.1 Å². The molecule has 0 radical (unpaired) electrons. The number of aromatic nitrogens is 1. The smallest absolute Gasteiger partial charge is 0.229 e. The van der Waals surface area contributed by atoms with Crippen LogP contribution in [-0.2, 0) is 16.6 Å². The van der Waals surface area contributed by atoms with Gasteiger partial charge in [0.1, 0.15) is 24.3 Å². The zero-order valence-electron chi connectivity index (χ0n) is 16.7. The van der Waals surface area contributed by atoms with E-state index in [-0.39, 0.29) is 12.4 Å². The number of nitrogens with one attached hydrogen (secondary N) is 1. The highest BCUT2D eigenvalue weighted by Crippen LogP contribution is 2.17. The number of ether oxygens (including phenoxy) is 1. The summed E-state index contributed by atoms with van der Waals surface area (Å²) < 4.78 is 43.6. The molecular weight excluding hydrogens is 409 g/mol. The second-order valence-electron chi connectivity index (χ2n) is 7.20. The molecule has 0 spiro atoms. The van der Waals surface area contributed by atoms with Crippen LogP contribution in [0.4, 0.5) is 10.1 Å². The van der Waals surface area contributed by atoms with E-state index in [2.05, 4.69) is 9.71 Å². The van der Waals surface area contributed by atoms with Crippen LogP contribution < -0.4 is 9.46 Å². The molecule has 1 heterocycles. The summed E-state index contributed by atoms with van der Waals surface area (Å²) in [6.45, 7) is 0.987. The lowest BCUT2D eigenvalue weighted by Gasteiger charge is -2.20. The number of hydrogen-bond donors (Lipinski definition) is 2. The van der Waals surface area contributed by atoms with Gasteiger partial charge in [-0.2, -0.15) is 0 Å². The molecule has 0 saturated heterocycles. The number of anilines is 1. The number of halogens is 1. The second-order valence-corrected chi connectivity index (χ2v) is 8.95. The second kappa shape index (κ2) is 9.38. The lowest BCUT2D eigenvalue weighted by molar-refractivity contribution is 0.0741. The summed E-state index contributed by atoms with van der Waals surface area (Å²) in [5.41, 5.74) is 1.98. The number of pyridine rings is 1. The third-order valence-electron chi connectivity index (χ3n) is 4.26. The van der Waals surface area contributed by atoms with Gasteiger partial charge in [-0.1, -0.05) is 6.07 Å². The minimum Gasteiger partial charge on any atom is -0.491 e. The van der Waals surface area contributed by atoms with Gasteiger partial charge >= 0.3 is 0 Å². The Morgan fingerprint density at radius 1 is 1.17 bits per heavy atom. The average molecular weight is 434 g/mol. The first-order valence-electron chi connectivity index (χ1n) is 9.30. The molecule has 3 aromatic rings. The molecule has 160 valence electrons. The first kappa shape index (κ1) is 21.9. The van der Waals surface area contributed by atoms with Gasteiger partial charge in [0.25, 0.3) is 0 Å². The maximum absolute atomic E-state index is 13.3. The summed E-state index contributed by atoms with van der Waals surface area (Å²) in [4.78, 5) is 6.44. The number of likely N-dealkylation sites (N-methyl/N-ethyl adjacent to an activating group) is 1. The van der Waals surface area contributed by atoms with Crippen molar-refractivity contribution in [3.63, 3.8) is 0 Å². The van der Waals surface area contributed by atoms with Crippen LogP contribution in [0.1, 0.15) is 5.69 Å². The summed E-state index contributed by atoms with van der Waals surface area (Å²) in [5, 5.41) is 11.0. The molecule has 0 aliphatic carbocycles. The normalized spacial score (nSPS) is 12.8. The Labute approximate surface area is 175 Å². The minimum atomic E-state index is -3.33. The van der Waals surface area contributed by atoms with Crippen molar-refractivity contribution in [2.24, 2.45) is 0 Å². The summed E-state index contributed by atoms with van der Waals surface area (Å²) in [7, 11) is -1.46. The first-order valence-corrected chi connectivity index (χ1v) is 11.2. The highest BCUT2D eigenvalue weighted by atomic mass is 32.2. The Morgan fingerprint density at radius 2 is 1.90 bits per heavy atom. The van der Waals surface area contributed by atoms with E-state index in [0.717, 1.165) is 22.9 Å². The lowest BCUT2D eigenvalue weighted by atomic mass is 10.2. The Bertz CT molecular complexity index is 1110. The van der Waals surface area contributed by atoms with Gasteiger partial charge < -0.3 is 9.84 Å². The number of aliphatic hydroxyl groups is 1. The van der Waals surface area contributed by atoms with Crippen molar-refractivity contribution in [1.29, 1.82) is 0 Å². The molecule has 0 aliphatic heterocycles. The summed E-state index contributed by atoms with van der Waals surface area (Å²) in [6, 6.07) is 14.6. The van der Waals surface area contributed by atoms with E-state index in [0.29, 0.717) is 24.5 Å². The van der Waals surface area contributed by atoms with Crippen LogP contribution in [-0.4, -0.2) is 56.0 Å². The molecule has 0 bridgehead atoms. The molecule has 2 aromatic carbocycles. The van der Waals surface area contributed by atoms with E-state index in [1.165, 1.54) is 12.1 Å². The number of sulfonamides is 1. The van der Waals surface area contributed by atoms with Gasteiger partial charge in [0.15, 0.2) is 0 Å². The Morgan fingerprint density at radius 3 is 2.60 bits per heavy atom. The first-order chi connectivity index (χ1) is 14.2. The average Bonchev–Trinajstić information content (AvgIpc) is 2.66. The number of benzene rings is 2. The van der Waals surface area contributed by atoms with Crippen molar-refractivity contribution in [2.75, 3.05) is 31.2 Å². The van der Waals surface area contributed by atoms with E-state index in [4.69, 9.17) is 4.74 Å². The van der Waals surface area contributed by atoms with E-state index in [1.54, 1.807) is 30.3 Å². The number of fused-ring (bicyclic) bond motifs is 1. The van der Waals surface area contributed by atoms with Gasteiger partial charge in [-0.25, -0.2) is 12.8 Å². The zero-order chi connectivity index (χ0) is 21.7. The molecule has 30 heavy (non-hydrogen) atoms. The summed E-state index contributed by atoms with van der Waals surface area (Å²) in [6.07, 6.45) is 0.357. The Hall–Kier alpha value is -2.75. The highest BCUT2D eigenvalue weighted by Gasteiger charge is 2.11. The van der Waals surface area contributed by atoms with Gasteiger partial charge in [-0.3, -0.25) is 14.6 Å². The molecule has 0 amide bonds. The lowest BCUT2D eigenvalue weighted by Crippen LogP contribution is -2.33. The molecule has 3 rings (SSSR count). The molecule has 1 aromatic heterocycles. The topological polar surface area (TPSA) is 91.8 Å². The fraction of sp³-hybridized carbons (Fsp3) is 0.286. The minimum absolute atomic E-state index is 0.0909. The number of nitrogens with zero attached hydrogens (tertiary/aromatic N) is 2. The SMILES string of the molecule is CN(Cc1ccc2cc(F)ccc2n1)CC(O)COc1ccc(NS(C)(=O)=O)cc1. The van der Waals surface area contributed by atoms with Crippen LogP contribution in [0.5, 0.6) is 5.75 Å². The van der Waals surface area contributed by atoms with Crippen LogP contribution in [0.3, 0.4) is 0 Å². The van der Waals surface area contributed by atoms with Crippen LogP contribution in [0.15, 0.2) is 54.6 Å². The standard InChI is InChI=1S/C21H24FN3O4S/c1-25(12-18-5-3-15-11-16(22)4-10-21(15)23-18)13-19(26)14-29-20-8-6-17(7-9-20)24-30(2,27)28/h3-11,19,24,26H,12-14H2,1-2H3. The maximum atomic E-state index is 13.3. The van der Waals surface area contributed by atoms with Crippen molar-refractivity contribution < 1.29 is 22.7 Å². The molecule has 7 nitrogen and oxygen atoms in total. The fourth-order valence-corrected chi connectivity index (χ4v) is 3.57. The molecule has 1 atom stereocenters. The van der Waals surface area contributed by atoms with Crippen LogP contribution in [0, 0.1) is 5.82 Å². The van der Waals surface area contributed by atoms with E-state index >= 15 is 0 Å². The van der Waals surface area contributed by atoms with Crippen LogP contribution in [0.25, 0.3) is 10.9 Å². The third-order valence-corrected chi connectivity index (χ3v) is 4.87. The zero-order valence-corrected chi connectivity index (χ0v) is 17.6. The van der Waals surface area contributed by atoms with Crippen molar-refractivity contribution in [1.82, 2.24) is 9.88 Å². The van der Waals surface area contributed by atoms with Crippen molar-refractivity contribution in [3.05, 3.63) is 66.1 Å². The molecular formula is C21H24FN3O4S. The molecule has 9 heteroatoms. The van der Waals surface area contributed by atoms with Crippen molar-refractivity contribution in [2.45, 2.75) is 12.6 Å². The predicted octanol–water partition coefficient (Wildman–Crippen LogP) is 2.62. The monoisotopic (exact) mass is 433 g/mol. The van der Waals surface area contributed by atoms with Crippen molar-refractivity contribution >= 4 is 26.6 Å². The fourth-order valence-electron chi connectivity index (χ4n) is 3.01. The highest BCUT2D eigenvalue weighted by molar-refractivity contribution is 7.92. The predicted molar refractivity (Wildman–Crippen MR) is 114 cm³/mol. The van der Waals surface area contributed by atoms with Crippen LogP contribution >= 0.6 is 0 Å². The van der Waals surface area contributed by atoms with E-state index < -0.39 is 16.1 Å². The summed E-state index contributed by atoms with van der Waals surface area (Å²) in [5.74, 6) is 0.234. The molecule has 1 unspecified atom stereocenters. The van der Waals surface area contributed by atoms with Gasteiger partial charge in [0.2, 0.25) is 10.0 Å². The third kappa shape index (κ3) is 6.65. The Kier molecular flexibility index (Phi) is 6.86. The van der Waals surface area contributed by atoms with Gasteiger partial charge in [-0.05, 0) is 55.6 Å². The quantitative estimate of drug-likeness (QED) is 0.539. The van der Waals surface area contributed by atoms with Gasteiger partial charge in [0, 0.05) is 24.2 Å². The molecule has 0 aliphatic rings. The summed E-state index contributed by atoms with van der Waals surface area (Å²) >= 11 is 0. The number of hydrogen-bond acceptors (Lipinski definition) is 6.